The van der Waals surface area contributed by atoms with Crippen molar-refractivity contribution in [1.29, 1.82) is 0 Å². The molecule has 2 atom stereocenters. The maximum absolute atomic E-state index is 12.9. The van der Waals surface area contributed by atoms with Crippen LogP contribution in [0.25, 0.3) is 0 Å². The van der Waals surface area contributed by atoms with Crippen molar-refractivity contribution in [3.05, 3.63) is 35.9 Å². The van der Waals surface area contributed by atoms with E-state index in [-0.39, 0.29) is 22.5 Å². The zero-order valence-electron chi connectivity index (χ0n) is 13.7. The van der Waals surface area contributed by atoms with Gasteiger partial charge in [0.15, 0.2) is 0 Å². The summed E-state index contributed by atoms with van der Waals surface area (Å²) in [5.41, 5.74) is 0.131. The third-order valence-corrected chi connectivity index (χ3v) is 6.68. The number of nitrogens with one attached hydrogen (secondary N) is 1. The quantitative estimate of drug-likeness (QED) is 0.928. The third-order valence-electron chi connectivity index (χ3n) is 6.68. The molecule has 22 heavy (non-hydrogen) atoms. The SMILES string of the molecule is CC1(C)[C@@]2(C(=O)NCCc3ccccc3)CC[C@@]1(C)C(=O)C2. The third kappa shape index (κ3) is 1.87. The number of carbonyl (C=O) groups excluding carboxylic acids is 2. The fraction of sp³-hybridized carbons (Fsp3) is 0.579. The average molecular weight is 299 g/mol. The van der Waals surface area contributed by atoms with Gasteiger partial charge < -0.3 is 5.32 Å². The summed E-state index contributed by atoms with van der Waals surface area (Å²) in [7, 11) is 0. The molecule has 2 aliphatic rings. The molecule has 0 unspecified atom stereocenters. The van der Waals surface area contributed by atoms with Crippen LogP contribution in [0.4, 0.5) is 0 Å². The summed E-state index contributed by atoms with van der Waals surface area (Å²) in [4.78, 5) is 25.3. The van der Waals surface area contributed by atoms with E-state index in [4.69, 9.17) is 0 Å². The summed E-state index contributed by atoms with van der Waals surface area (Å²) in [5, 5.41) is 3.09. The smallest absolute Gasteiger partial charge is 0.227 e. The zero-order chi connectivity index (χ0) is 16.0. The molecule has 0 saturated heterocycles. The molecule has 1 aromatic rings. The van der Waals surface area contributed by atoms with Crippen LogP contribution in [0, 0.1) is 16.2 Å². The van der Waals surface area contributed by atoms with Gasteiger partial charge in [-0.25, -0.2) is 0 Å². The van der Waals surface area contributed by atoms with E-state index in [1.807, 2.05) is 25.1 Å². The van der Waals surface area contributed by atoms with Crippen molar-refractivity contribution < 1.29 is 9.59 Å². The molecule has 0 aromatic heterocycles. The van der Waals surface area contributed by atoms with Crippen LogP contribution in [0.2, 0.25) is 0 Å². The highest BCUT2D eigenvalue weighted by atomic mass is 16.2. The molecule has 2 saturated carbocycles. The summed E-state index contributed by atoms with van der Waals surface area (Å²) < 4.78 is 0. The summed E-state index contributed by atoms with van der Waals surface area (Å²) in [6.45, 7) is 6.87. The molecule has 2 bridgehead atoms. The standard InChI is InChI=1S/C19H25NO2/c1-17(2)18(3)10-11-19(17,13-15(18)21)16(22)20-12-9-14-7-5-4-6-8-14/h4-8H,9-13H2,1-3H3,(H,20,22)/t18-,19-/m0/s1. The van der Waals surface area contributed by atoms with Gasteiger partial charge in [-0.2, -0.15) is 0 Å². The van der Waals surface area contributed by atoms with Crippen LogP contribution in [0.5, 0.6) is 0 Å². The Bertz CT molecular complexity index is 607. The second kappa shape index (κ2) is 4.94. The van der Waals surface area contributed by atoms with E-state index in [1.54, 1.807) is 0 Å². The summed E-state index contributed by atoms with van der Waals surface area (Å²) in [5.74, 6) is 0.338. The molecule has 0 radical (unpaired) electrons. The number of rotatable bonds is 4. The zero-order valence-corrected chi connectivity index (χ0v) is 13.7. The Morgan fingerprint density at radius 2 is 1.82 bits per heavy atom. The Morgan fingerprint density at radius 3 is 2.36 bits per heavy atom. The summed E-state index contributed by atoms with van der Waals surface area (Å²) >= 11 is 0. The van der Waals surface area contributed by atoms with Crippen LogP contribution < -0.4 is 5.32 Å². The van der Waals surface area contributed by atoms with Crippen LogP contribution in [0.15, 0.2) is 30.3 Å². The van der Waals surface area contributed by atoms with E-state index < -0.39 is 5.41 Å². The fourth-order valence-corrected chi connectivity index (χ4v) is 4.49. The van der Waals surface area contributed by atoms with E-state index in [2.05, 4.69) is 31.3 Å². The first-order valence-electron chi connectivity index (χ1n) is 8.19. The lowest BCUT2D eigenvalue weighted by Gasteiger charge is -2.38. The van der Waals surface area contributed by atoms with Gasteiger partial charge in [0.05, 0.1) is 5.41 Å². The molecule has 3 heteroatoms. The van der Waals surface area contributed by atoms with Crippen molar-refractivity contribution in [2.45, 2.75) is 46.5 Å². The Kier molecular flexibility index (Phi) is 3.42. The second-order valence-electron chi connectivity index (χ2n) is 7.63. The first-order chi connectivity index (χ1) is 10.3. The predicted molar refractivity (Wildman–Crippen MR) is 86.3 cm³/mol. The van der Waals surface area contributed by atoms with Crippen LogP contribution in [0.3, 0.4) is 0 Å². The number of hydrogen-bond acceptors (Lipinski definition) is 2. The van der Waals surface area contributed by atoms with E-state index in [9.17, 15) is 9.59 Å². The molecule has 2 fully saturated rings. The van der Waals surface area contributed by atoms with Crippen LogP contribution in [-0.2, 0) is 16.0 Å². The van der Waals surface area contributed by atoms with Gasteiger partial charge in [0.2, 0.25) is 5.91 Å². The second-order valence-corrected chi connectivity index (χ2v) is 7.63. The molecular formula is C19H25NO2. The minimum Gasteiger partial charge on any atom is -0.355 e. The van der Waals surface area contributed by atoms with Gasteiger partial charge in [-0.1, -0.05) is 51.1 Å². The van der Waals surface area contributed by atoms with E-state index >= 15 is 0 Å². The van der Waals surface area contributed by atoms with Crippen molar-refractivity contribution in [1.82, 2.24) is 5.32 Å². The van der Waals surface area contributed by atoms with Gasteiger partial charge >= 0.3 is 0 Å². The molecule has 1 N–H and O–H groups in total. The number of fused-ring (bicyclic) bond motifs is 2. The topological polar surface area (TPSA) is 46.2 Å². The Hall–Kier alpha value is -1.64. The number of carbonyl (C=O) groups is 2. The van der Waals surface area contributed by atoms with Gasteiger partial charge in [0.25, 0.3) is 0 Å². The maximum Gasteiger partial charge on any atom is 0.227 e. The van der Waals surface area contributed by atoms with E-state index in [0.717, 1.165) is 19.3 Å². The minimum absolute atomic E-state index is 0.0722. The number of hydrogen-bond donors (Lipinski definition) is 1. The largest absolute Gasteiger partial charge is 0.355 e. The van der Waals surface area contributed by atoms with Gasteiger partial charge in [0.1, 0.15) is 5.78 Å². The predicted octanol–water partition coefficient (Wildman–Crippen LogP) is 3.13. The number of benzene rings is 1. The van der Waals surface area contributed by atoms with E-state index in [1.165, 1.54) is 5.56 Å². The summed E-state index contributed by atoms with van der Waals surface area (Å²) in [6.07, 6.45) is 2.91. The number of Topliss-reactive ketones (excluding diaryl/α,β-unsaturated/α-hetero) is 1. The molecule has 0 heterocycles. The van der Waals surface area contributed by atoms with Gasteiger partial charge in [0, 0.05) is 18.4 Å². The normalized spacial score (nSPS) is 32.2. The van der Waals surface area contributed by atoms with Crippen LogP contribution in [0.1, 0.15) is 45.6 Å². The molecule has 0 spiro atoms. The van der Waals surface area contributed by atoms with E-state index in [0.29, 0.717) is 13.0 Å². The van der Waals surface area contributed by atoms with Crippen molar-refractivity contribution in [3.8, 4) is 0 Å². The maximum atomic E-state index is 12.9. The Morgan fingerprint density at radius 1 is 1.14 bits per heavy atom. The molecule has 3 rings (SSSR count). The van der Waals surface area contributed by atoms with Crippen molar-refractivity contribution >= 4 is 11.7 Å². The van der Waals surface area contributed by atoms with Crippen molar-refractivity contribution in [2.24, 2.45) is 16.2 Å². The lowest BCUT2D eigenvalue weighted by molar-refractivity contribution is -0.136. The molecular weight excluding hydrogens is 274 g/mol. The monoisotopic (exact) mass is 299 g/mol. The lowest BCUT2D eigenvalue weighted by Crippen LogP contribution is -2.47. The molecule has 1 amide bonds. The van der Waals surface area contributed by atoms with Crippen molar-refractivity contribution in [3.63, 3.8) is 0 Å². The Balaban J connectivity index is 1.69. The molecule has 1 aromatic carbocycles. The first-order valence-corrected chi connectivity index (χ1v) is 8.19. The summed E-state index contributed by atoms with van der Waals surface area (Å²) in [6, 6.07) is 10.2. The highest BCUT2D eigenvalue weighted by molar-refractivity contribution is 5.99. The van der Waals surface area contributed by atoms with Gasteiger partial charge in [-0.15, -0.1) is 0 Å². The highest BCUT2D eigenvalue weighted by Gasteiger charge is 2.72. The molecule has 2 aliphatic carbocycles. The van der Waals surface area contributed by atoms with Crippen LogP contribution in [-0.4, -0.2) is 18.2 Å². The van der Waals surface area contributed by atoms with Crippen molar-refractivity contribution in [2.75, 3.05) is 6.54 Å². The first kappa shape index (κ1) is 15.3. The van der Waals surface area contributed by atoms with Crippen LogP contribution >= 0.6 is 0 Å². The Labute approximate surface area is 132 Å². The average Bonchev–Trinajstić information content (AvgIpc) is 2.78. The molecule has 0 aliphatic heterocycles. The lowest BCUT2D eigenvalue weighted by atomic mass is 9.64. The number of ketones is 1. The number of amides is 1. The molecule has 3 nitrogen and oxygen atoms in total. The van der Waals surface area contributed by atoms with Gasteiger partial charge in [-0.05, 0) is 30.2 Å². The fourth-order valence-electron chi connectivity index (χ4n) is 4.49. The molecule has 118 valence electrons. The minimum atomic E-state index is -0.504. The van der Waals surface area contributed by atoms with Gasteiger partial charge in [-0.3, -0.25) is 9.59 Å². The highest BCUT2D eigenvalue weighted by Crippen LogP contribution is 2.70.